The lowest BCUT2D eigenvalue weighted by Gasteiger charge is -2.07. The number of nitrogens with one attached hydrogen (secondary N) is 1. The predicted molar refractivity (Wildman–Crippen MR) is 84.9 cm³/mol. The Labute approximate surface area is 135 Å². The summed E-state index contributed by atoms with van der Waals surface area (Å²) >= 11 is 13.1. The van der Waals surface area contributed by atoms with Crippen LogP contribution in [-0.2, 0) is 6.42 Å². The first-order chi connectivity index (χ1) is 10.1. The molecule has 0 saturated carbocycles. The Hall–Kier alpha value is -1.36. The highest BCUT2D eigenvalue weighted by atomic mass is 35.5. The van der Waals surface area contributed by atoms with Crippen LogP contribution in [0.5, 0.6) is 0 Å². The van der Waals surface area contributed by atoms with Gasteiger partial charge in [0.15, 0.2) is 5.78 Å². The van der Waals surface area contributed by atoms with Gasteiger partial charge in [-0.1, -0.05) is 35.3 Å². The number of benzene rings is 1. The van der Waals surface area contributed by atoms with Crippen LogP contribution in [0, 0.1) is 0 Å². The molecule has 3 nitrogen and oxygen atoms in total. The molecule has 6 heteroatoms. The number of rotatable bonds is 2. The first-order valence-electron chi connectivity index (χ1n) is 6.47. The molecule has 1 aromatic heterocycles. The summed E-state index contributed by atoms with van der Waals surface area (Å²) in [5.41, 5.74) is 2.36. The van der Waals surface area contributed by atoms with Crippen LogP contribution in [0.1, 0.15) is 38.3 Å². The molecular formula is C15H11Cl2NO2S. The highest BCUT2D eigenvalue weighted by Gasteiger charge is 2.20. The summed E-state index contributed by atoms with van der Waals surface area (Å²) in [5, 5.41) is 2.83. The molecule has 0 unspecified atom stereocenters. The number of halogens is 2. The van der Waals surface area contributed by atoms with Gasteiger partial charge in [0.2, 0.25) is 0 Å². The molecule has 21 heavy (non-hydrogen) atoms. The van der Waals surface area contributed by atoms with Crippen molar-refractivity contribution in [3.8, 4) is 0 Å². The van der Waals surface area contributed by atoms with Crippen LogP contribution in [0.25, 0.3) is 0 Å². The molecule has 0 radical (unpaired) electrons. The fraction of sp³-hybridized carbons (Fsp3) is 0.200. The van der Waals surface area contributed by atoms with Crippen molar-refractivity contribution >= 4 is 46.2 Å². The van der Waals surface area contributed by atoms with Gasteiger partial charge in [-0.15, -0.1) is 11.3 Å². The maximum absolute atomic E-state index is 12.5. The van der Waals surface area contributed by atoms with Crippen molar-refractivity contribution in [2.24, 2.45) is 0 Å². The van der Waals surface area contributed by atoms with Gasteiger partial charge in [0.25, 0.3) is 5.91 Å². The number of amides is 1. The number of carbonyl (C=O) groups excluding carboxylic acids is 2. The summed E-state index contributed by atoms with van der Waals surface area (Å²) < 4.78 is 0.834. The normalized spacial score (nSPS) is 14.3. The quantitative estimate of drug-likeness (QED) is 0.841. The van der Waals surface area contributed by atoms with E-state index in [0.717, 1.165) is 29.7 Å². The van der Waals surface area contributed by atoms with Gasteiger partial charge in [0.1, 0.15) is 4.34 Å². The van der Waals surface area contributed by atoms with E-state index in [2.05, 4.69) is 5.32 Å². The molecule has 3 rings (SSSR count). The van der Waals surface area contributed by atoms with E-state index >= 15 is 0 Å². The molecule has 1 aliphatic rings. The van der Waals surface area contributed by atoms with Gasteiger partial charge >= 0.3 is 0 Å². The summed E-state index contributed by atoms with van der Waals surface area (Å²) in [6.07, 6.45) is 1.73. The highest BCUT2D eigenvalue weighted by molar-refractivity contribution is 7.20. The lowest BCUT2D eigenvalue weighted by Crippen LogP contribution is -2.22. The van der Waals surface area contributed by atoms with Crippen molar-refractivity contribution in [1.82, 2.24) is 5.32 Å². The minimum absolute atomic E-state index is 0.133. The Morgan fingerprint density at radius 1 is 1.24 bits per heavy atom. The number of aryl methyl sites for hydroxylation is 1. The fourth-order valence-corrected chi connectivity index (χ4v) is 3.83. The third kappa shape index (κ3) is 2.84. The molecule has 1 amide bonds. The topological polar surface area (TPSA) is 46.2 Å². The lowest BCUT2D eigenvalue weighted by molar-refractivity contribution is 0.0956. The molecule has 2 aromatic rings. The van der Waals surface area contributed by atoms with Crippen LogP contribution < -0.4 is 5.32 Å². The van der Waals surface area contributed by atoms with E-state index in [1.54, 1.807) is 18.2 Å². The molecule has 0 atom stereocenters. The number of ketones is 1. The van der Waals surface area contributed by atoms with Crippen molar-refractivity contribution in [2.45, 2.75) is 12.8 Å². The van der Waals surface area contributed by atoms with E-state index in [1.165, 1.54) is 0 Å². The van der Waals surface area contributed by atoms with Crippen LogP contribution in [0.15, 0.2) is 24.3 Å². The van der Waals surface area contributed by atoms with Crippen molar-refractivity contribution < 1.29 is 9.59 Å². The lowest BCUT2D eigenvalue weighted by atomic mass is 9.97. The van der Waals surface area contributed by atoms with Crippen molar-refractivity contribution in [3.05, 3.63) is 55.2 Å². The number of carbonyl (C=O) groups is 2. The maximum atomic E-state index is 12.5. The second kappa shape index (κ2) is 5.79. The Morgan fingerprint density at radius 3 is 2.76 bits per heavy atom. The Morgan fingerprint density at radius 2 is 2.05 bits per heavy atom. The zero-order valence-electron chi connectivity index (χ0n) is 10.9. The van der Waals surface area contributed by atoms with Gasteiger partial charge in [-0.3, -0.25) is 9.59 Å². The maximum Gasteiger partial charge on any atom is 0.251 e. The summed E-state index contributed by atoms with van der Waals surface area (Å²) in [7, 11) is 0. The zero-order chi connectivity index (χ0) is 15.0. The molecule has 0 saturated heterocycles. The van der Waals surface area contributed by atoms with Gasteiger partial charge < -0.3 is 5.32 Å². The van der Waals surface area contributed by atoms with Gasteiger partial charge in [-0.05, 0) is 30.5 Å². The third-order valence-electron chi connectivity index (χ3n) is 3.43. The first-order valence-corrected chi connectivity index (χ1v) is 8.04. The molecule has 0 spiro atoms. The monoisotopic (exact) mass is 339 g/mol. The third-order valence-corrected chi connectivity index (χ3v) is 4.91. The minimum atomic E-state index is -0.219. The van der Waals surface area contributed by atoms with Crippen LogP contribution in [0.4, 0.5) is 0 Å². The Kier molecular flexibility index (Phi) is 4.02. The number of hydrogen-bond acceptors (Lipinski definition) is 3. The Bertz CT molecular complexity index is 739. The van der Waals surface area contributed by atoms with E-state index in [0.29, 0.717) is 31.9 Å². The van der Waals surface area contributed by atoms with E-state index in [4.69, 9.17) is 23.2 Å². The molecular weight excluding hydrogens is 329 g/mol. The average molecular weight is 340 g/mol. The Balaban J connectivity index is 2.02. The van der Waals surface area contributed by atoms with Crippen molar-refractivity contribution in [3.63, 3.8) is 0 Å². The summed E-state index contributed by atoms with van der Waals surface area (Å²) in [5.74, 6) is -0.352. The van der Waals surface area contributed by atoms with Crippen LogP contribution >= 0.6 is 34.5 Å². The molecule has 1 aromatic carbocycles. The zero-order valence-corrected chi connectivity index (χ0v) is 13.2. The standard InChI is InChI=1S/C15H11Cl2NO2S/c16-12-7-11(14(17)21-12)13(19)9-4-3-8-2-1-5-18-15(20)10(8)6-9/h3-4,6-7H,1-2,5H2,(H,18,20). The fourth-order valence-electron chi connectivity index (χ4n) is 2.37. The van der Waals surface area contributed by atoms with Crippen molar-refractivity contribution in [1.29, 1.82) is 0 Å². The average Bonchev–Trinajstić information content (AvgIpc) is 2.69. The van der Waals surface area contributed by atoms with E-state index < -0.39 is 0 Å². The minimum Gasteiger partial charge on any atom is -0.352 e. The summed E-state index contributed by atoms with van der Waals surface area (Å²) in [6, 6.07) is 6.78. The molecule has 1 N–H and O–H groups in total. The van der Waals surface area contributed by atoms with E-state index in [9.17, 15) is 9.59 Å². The largest absolute Gasteiger partial charge is 0.352 e. The number of thiophene rings is 1. The van der Waals surface area contributed by atoms with Gasteiger partial charge in [0.05, 0.1) is 9.90 Å². The van der Waals surface area contributed by atoms with Crippen molar-refractivity contribution in [2.75, 3.05) is 6.54 Å². The second-order valence-electron chi connectivity index (χ2n) is 4.80. The number of hydrogen-bond donors (Lipinski definition) is 1. The van der Waals surface area contributed by atoms with Crippen LogP contribution in [0.3, 0.4) is 0 Å². The predicted octanol–water partition coefficient (Wildman–Crippen LogP) is 3.96. The van der Waals surface area contributed by atoms with Crippen LogP contribution in [-0.4, -0.2) is 18.2 Å². The first kappa shape index (κ1) is 14.6. The summed E-state index contributed by atoms with van der Waals surface area (Å²) in [4.78, 5) is 24.5. The van der Waals surface area contributed by atoms with Gasteiger partial charge in [-0.25, -0.2) is 0 Å². The molecule has 0 aliphatic carbocycles. The second-order valence-corrected chi connectivity index (χ2v) is 7.08. The van der Waals surface area contributed by atoms with E-state index in [1.807, 2.05) is 6.07 Å². The van der Waals surface area contributed by atoms with Gasteiger partial charge in [-0.2, -0.15) is 0 Å². The molecule has 0 fully saturated rings. The molecule has 0 bridgehead atoms. The van der Waals surface area contributed by atoms with Gasteiger partial charge in [0, 0.05) is 17.7 Å². The number of fused-ring (bicyclic) bond motifs is 1. The molecule has 2 heterocycles. The van der Waals surface area contributed by atoms with Crippen LogP contribution in [0.2, 0.25) is 8.67 Å². The highest BCUT2D eigenvalue weighted by Crippen LogP contribution is 2.33. The summed E-state index contributed by atoms with van der Waals surface area (Å²) in [6.45, 7) is 0.656. The smallest absolute Gasteiger partial charge is 0.251 e. The molecule has 1 aliphatic heterocycles. The molecule has 108 valence electrons. The van der Waals surface area contributed by atoms with E-state index in [-0.39, 0.29) is 11.7 Å². The SMILES string of the molecule is O=C1NCCCc2ccc(C(=O)c3cc(Cl)sc3Cl)cc21.